The fourth-order valence-corrected chi connectivity index (χ4v) is 5.87. The largest absolute Gasteiger partial charge is 0.495 e. The average Bonchev–Trinajstić information content (AvgIpc) is 2.75. The lowest BCUT2D eigenvalue weighted by atomic mass is 9.95. The zero-order valence-corrected chi connectivity index (χ0v) is 19.7. The van der Waals surface area contributed by atoms with Gasteiger partial charge in [-0.25, -0.2) is 8.42 Å². The number of hydrogen-bond acceptors (Lipinski definition) is 4. The van der Waals surface area contributed by atoms with E-state index in [0.717, 1.165) is 43.2 Å². The van der Waals surface area contributed by atoms with Crippen LogP contribution in [0.15, 0.2) is 41.3 Å². The molecule has 0 radical (unpaired) electrons. The Morgan fingerprint density at radius 1 is 1.10 bits per heavy atom. The molecule has 2 aromatic carbocycles. The predicted molar refractivity (Wildman–Crippen MR) is 123 cm³/mol. The van der Waals surface area contributed by atoms with Crippen LogP contribution in [-0.2, 0) is 14.8 Å². The molecule has 3 rings (SSSR count). The molecule has 2 aromatic rings. The molecule has 31 heavy (non-hydrogen) atoms. The number of rotatable bonds is 7. The van der Waals surface area contributed by atoms with E-state index in [2.05, 4.69) is 5.32 Å². The highest BCUT2D eigenvalue weighted by molar-refractivity contribution is 7.89. The second kappa shape index (κ2) is 10.0. The van der Waals surface area contributed by atoms with Crippen molar-refractivity contribution in [1.29, 1.82) is 0 Å². The highest BCUT2D eigenvalue weighted by Crippen LogP contribution is 2.32. The number of amides is 1. The summed E-state index contributed by atoms with van der Waals surface area (Å²) in [5.74, 6) is 0.0364. The zero-order valence-electron chi connectivity index (χ0n) is 18.2. The number of hydrogen-bond donors (Lipinski definition) is 1. The van der Waals surface area contributed by atoms with Gasteiger partial charge in [-0.3, -0.25) is 4.79 Å². The van der Waals surface area contributed by atoms with E-state index in [1.807, 2.05) is 32.0 Å². The summed E-state index contributed by atoms with van der Waals surface area (Å²) in [7, 11) is -2.44. The van der Waals surface area contributed by atoms with Gasteiger partial charge in [0.25, 0.3) is 0 Å². The van der Waals surface area contributed by atoms with Gasteiger partial charge >= 0.3 is 0 Å². The van der Waals surface area contributed by atoms with Gasteiger partial charge in [-0.05, 0) is 68.1 Å². The number of aryl methyl sites for hydroxylation is 2. The number of halogens is 1. The minimum atomic E-state index is -3.92. The molecule has 8 heteroatoms. The number of sulfonamides is 1. The van der Waals surface area contributed by atoms with Crippen LogP contribution in [0.25, 0.3) is 0 Å². The third-order valence-corrected chi connectivity index (χ3v) is 7.99. The highest BCUT2D eigenvalue weighted by atomic mass is 35.5. The van der Waals surface area contributed by atoms with Crippen molar-refractivity contribution >= 4 is 33.2 Å². The molecule has 0 aliphatic heterocycles. The molecule has 1 amide bonds. The number of nitrogens with one attached hydrogen (secondary N) is 1. The number of benzene rings is 2. The molecule has 0 saturated heterocycles. The standard InChI is InChI=1S/C23H29ClN2O4S/c1-16-9-10-18(13-17(16)2)25-23(27)15-26(19-7-5-4-6-8-19)31(28,29)20-11-12-22(30-3)21(24)14-20/h9-14,19H,4-8,15H2,1-3H3,(H,25,27). The number of carbonyl (C=O) groups is 1. The smallest absolute Gasteiger partial charge is 0.243 e. The van der Waals surface area contributed by atoms with Crippen molar-refractivity contribution < 1.29 is 17.9 Å². The Balaban J connectivity index is 1.87. The summed E-state index contributed by atoms with van der Waals surface area (Å²) in [6.07, 6.45) is 4.44. The molecule has 0 heterocycles. The topological polar surface area (TPSA) is 75.7 Å². The van der Waals surface area contributed by atoms with Crippen LogP contribution in [0.5, 0.6) is 5.75 Å². The number of ether oxygens (including phenoxy) is 1. The van der Waals surface area contributed by atoms with E-state index in [1.54, 1.807) is 0 Å². The van der Waals surface area contributed by atoms with Gasteiger partial charge < -0.3 is 10.1 Å². The molecule has 1 aliphatic rings. The van der Waals surface area contributed by atoms with Crippen molar-refractivity contribution in [3.8, 4) is 5.75 Å². The average molecular weight is 465 g/mol. The minimum Gasteiger partial charge on any atom is -0.495 e. The molecule has 1 N–H and O–H groups in total. The summed E-state index contributed by atoms with van der Waals surface area (Å²) >= 11 is 6.18. The lowest BCUT2D eigenvalue weighted by molar-refractivity contribution is -0.116. The van der Waals surface area contributed by atoms with E-state index >= 15 is 0 Å². The Morgan fingerprint density at radius 2 is 1.81 bits per heavy atom. The monoisotopic (exact) mass is 464 g/mol. The molecular weight excluding hydrogens is 436 g/mol. The lowest BCUT2D eigenvalue weighted by Gasteiger charge is -2.33. The normalized spacial score (nSPS) is 15.1. The fraction of sp³-hybridized carbons (Fsp3) is 0.435. The van der Waals surface area contributed by atoms with Crippen LogP contribution in [0.3, 0.4) is 0 Å². The van der Waals surface area contributed by atoms with Gasteiger partial charge in [0, 0.05) is 11.7 Å². The van der Waals surface area contributed by atoms with E-state index in [0.29, 0.717) is 11.4 Å². The van der Waals surface area contributed by atoms with Crippen LogP contribution < -0.4 is 10.1 Å². The Morgan fingerprint density at radius 3 is 2.42 bits per heavy atom. The number of anilines is 1. The van der Waals surface area contributed by atoms with Crippen molar-refractivity contribution in [3.63, 3.8) is 0 Å². The maximum absolute atomic E-state index is 13.5. The molecule has 1 aliphatic carbocycles. The van der Waals surface area contributed by atoms with E-state index < -0.39 is 10.0 Å². The summed E-state index contributed by atoms with van der Waals surface area (Å²) < 4.78 is 33.5. The van der Waals surface area contributed by atoms with E-state index in [-0.39, 0.29) is 28.4 Å². The van der Waals surface area contributed by atoms with Gasteiger partial charge in [-0.1, -0.05) is 36.9 Å². The third kappa shape index (κ3) is 5.59. The quantitative estimate of drug-likeness (QED) is 0.630. The van der Waals surface area contributed by atoms with Crippen LogP contribution >= 0.6 is 11.6 Å². The first kappa shape index (κ1) is 23.6. The van der Waals surface area contributed by atoms with Crippen molar-refractivity contribution in [2.45, 2.75) is 56.9 Å². The van der Waals surface area contributed by atoms with Gasteiger partial charge in [0.05, 0.1) is 23.6 Å². The van der Waals surface area contributed by atoms with Gasteiger partial charge in [-0.2, -0.15) is 4.31 Å². The van der Waals surface area contributed by atoms with E-state index in [1.165, 1.54) is 29.6 Å². The molecule has 6 nitrogen and oxygen atoms in total. The summed E-state index contributed by atoms with van der Waals surface area (Å²) in [6.45, 7) is 3.72. The van der Waals surface area contributed by atoms with Gasteiger partial charge in [0.2, 0.25) is 15.9 Å². The molecular formula is C23H29ClN2O4S. The highest BCUT2D eigenvalue weighted by Gasteiger charge is 2.34. The maximum atomic E-state index is 13.5. The Bertz CT molecular complexity index is 1050. The van der Waals surface area contributed by atoms with Crippen LogP contribution in [0.4, 0.5) is 5.69 Å². The molecule has 0 bridgehead atoms. The van der Waals surface area contributed by atoms with Gasteiger partial charge in [0.1, 0.15) is 5.75 Å². The zero-order chi connectivity index (χ0) is 22.6. The Kier molecular flexibility index (Phi) is 7.62. The molecule has 0 aromatic heterocycles. The molecule has 168 valence electrons. The first-order valence-corrected chi connectivity index (χ1v) is 12.3. The number of carbonyl (C=O) groups excluding carboxylic acids is 1. The minimum absolute atomic E-state index is 0.0582. The Hall–Kier alpha value is -2.09. The summed E-state index contributed by atoms with van der Waals surface area (Å²) in [4.78, 5) is 12.9. The number of nitrogens with zero attached hydrogens (tertiary/aromatic N) is 1. The second-order valence-electron chi connectivity index (χ2n) is 7.99. The molecule has 1 saturated carbocycles. The van der Waals surface area contributed by atoms with Crippen LogP contribution in [0.2, 0.25) is 5.02 Å². The van der Waals surface area contributed by atoms with E-state index in [9.17, 15) is 13.2 Å². The molecule has 0 atom stereocenters. The third-order valence-electron chi connectivity index (χ3n) is 5.80. The second-order valence-corrected chi connectivity index (χ2v) is 10.3. The van der Waals surface area contributed by atoms with Gasteiger partial charge in [-0.15, -0.1) is 0 Å². The van der Waals surface area contributed by atoms with E-state index in [4.69, 9.17) is 16.3 Å². The van der Waals surface area contributed by atoms with Crippen LogP contribution in [0, 0.1) is 13.8 Å². The first-order valence-electron chi connectivity index (χ1n) is 10.4. The van der Waals surface area contributed by atoms with Crippen molar-refractivity contribution in [3.05, 3.63) is 52.5 Å². The van der Waals surface area contributed by atoms with Crippen LogP contribution in [-0.4, -0.2) is 38.3 Å². The fourth-order valence-electron chi connectivity index (χ4n) is 3.88. The molecule has 1 fully saturated rings. The summed E-state index contributed by atoms with van der Waals surface area (Å²) in [5, 5.41) is 3.06. The number of methoxy groups -OCH3 is 1. The molecule has 0 unspecified atom stereocenters. The molecule has 0 spiro atoms. The summed E-state index contributed by atoms with van der Waals surface area (Å²) in [6, 6.07) is 9.80. The SMILES string of the molecule is COc1ccc(S(=O)(=O)N(CC(=O)Nc2ccc(C)c(C)c2)C2CCCCC2)cc1Cl. The predicted octanol–water partition coefficient (Wildman–Crippen LogP) is 4.93. The van der Waals surface area contributed by atoms with Crippen molar-refractivity contribution in [2.75, 3.05) is 19.0 Å². The maximum Gasteiger partial charge on any atom is 0.243 e. The first-order chi connectivity index (χ1) is 14.7. The van der Waals surface area contributed by atoms with Gasteiger partial charge in [0.15, 0.2) is 0 Å². The lowest BCUT2D eigenvalue weighted by Crippen LogP contribution is -2.45. The van der Waals surface area contributed by atoms with Crippen molar-refractivity contribution in [1.82, 2.24) is 4.31 Å². The summed E-state index contributed by atoms with van der Waals surface area (Å²) in [5.41, 5.74) is 2.84. The Labute approximate surface area is 189 Å². The van der Waals surface area contributed by atoms with Crippen LogP contribution in [0.1, 0.15) is 43.2 Å². The van der Waals surface area contributed by atoms with Crippen molar-refractivity contribution in [2.24, 2.45) is 0 Å².